The smallest absolute Gasteiger partial charge is 0.310 e. The van der Waals surface area contributed by atoms with Crippen LogP contribution in [0.5, 0.6) is 0 Å². The molecule has 2 fully saturated rings. The number of rotatable bonds is 1. The summed E-state index contributed by atoms with van der Waals surface area (Å²) in [4.78, 5) is 10.9. The molecule has 11 heavy (non-hydrogen) atoms. The Morgan fingerprint density at radius 3 is 2.64 bits per heavy atom. The summed E-state index contributed by atoms with van der Waals surface area (Å²) in [6.07, 6.45) is 6.37. The van der Waals surface area contributed by atoms with Gasteiger partial charge in [-0.05, 0) is 30.6 Å². The highest BCUT2D eigenvalue weighted by atomic mass is 16.4. The Labute approximate surface area is 64.9 Å². The van der Waals surface area contributed by atoms with Gasteiger partial charge in [0.2, 0.25) is 0 Å². The average Bonchev–Trinajstić information content (AvgIpc) is 2.52. The van der Waals surface area contributed by atoms with E-state index in [0.29, 0.717) is 17.8 Å². The van der Waals surface area contributed by atoms with Crippen LogP contribution in [-0.2, 0) is 4.79 Å². The lowest BCUT2D eigenvalue weighted by atomic mass is 9.87. The molecule has 0 spiro atoms. The van der Waals surface area contributed by atoms with Gasteiger partial charge in [-0.25, -0.2) is 0 Å². The van der Waals surface area contributed by atoms with Crippen molar-refractivity contribution in [3.63, 3.8) is 0 Å². The summed E-state index contributed by atoms with van der Waals surface area (Å²) in [7, 11) is 0. The first-order chi connectivity index (χ1) is 5.25. The lowest BCUT2D eigenvalue weighted by molar-refractivity contribution is -0.144. The van der Waals surface area contributed by atoms with E-state index in [0.717, 1.165) is 12.8 Å². The summed E-state index contributed by atoms with van der Waals surface area (Å²) in [5.74, 6) is 0.917. The van der Waals surface area contributed by atoms with Gasteiger partial charge in [-0.15, -0.1) is 0 Å². The maximum Gasteiger partial charge on any atom is 0.310 e. The zero-order valence-electron chi connectivity index (χ0n) is 6.16. The summed E-state index contributed by atoms with van der Waals surface area (Å²) < 4.78 is 0. The molecule has 4 atom stereocenters. The van der Waals surface area contributed by atoms with E-state index in [-0.39, 0.29) is 5.41 Å². The second-order valence-electron chi connectivity index (χ2n) is 4.06. The lowest BCUT2D eigenvalue weighted by Crippen LogP contribution is -2.19. The van der Waals surface area contributed by atoms with Gasteiger partial charge >= 0.3 is 5.97 Å². The molecular weight excluding hydrogens is 140 g/mol. The number of hydrogen-bond acceptors (Lipinski definition) is 1. The van der Waals surface area contributed by atoms with Crippen LogP contribution in [0, 0.1) is 23.2 Å². The molecule has 0 aromatic rings. The highest BCUT2D eigenvalue weighted by Crippen LogP contribution is 2.73. The van der Waals surface area contributed by atoms with Gasteiger partial charge < -0.3 is 5.11 Å². The molecule has 0 aromatic heterocycles. The van der Waals surface area contributed by atoms with Gasteiger partial charge in [0, 0.05) is 0 Å². The van der Waals surface area contributed by atoms with Crippen molar-refractivity contribution in [2.24, 2.45) is 23.2 Å². The van der Waals surface area contributed by atoms with Crippen molar-refractivity contribution in [3.05, 3.63) is 12.2 Å². The third-order valence-corrected chi connectivity index (χ3v) is 3.73. The van der Waals surface area contributed by atoms with Crippen LogP contribution in [0.2, 0.25) is 0 Å². The SMILES string of the molecule is O=C(O)[C@]12C[C@@H]3C=C[C@H]1C2C3. The molecule has 4 bridgehead atoms. The minimum Gasteiger partial charge on any atom is -0.481 e. The maximum absolute atomic E-state index is 10.9. The molecule has 0 aromatic carbocycles. The first kappa shape index (κ1) is 5.81. The Morgan fingerprint density at radius 1 is 1.55 bits per heavy atom. The van der Waals surface area contributed by atoms with Crippen molar-refractivity contribution in [3.8, 4) is 0 Å². The molecule has 58 valence electrons. The van der Waals surface area contributed by atoms with E-state index in [1.165, 1.54) is 0 Å². The minimum atomic E-state index is -0.556. The normalized spacial score (nSPS) is 56.2. The van der Waals surface area contributed by atoms with Crippen molar-refractivity contribution in [1.82, 2.24) is 0 Å². The van der Waals surface area contributed by atoms with E-state index in [4.69, 9.17) is 5.11 Å². The molecule has 0 heterocycles. The average molecular weight is 150 g/mol. The van der Waals surface area contributed by atoms with Gasteiger partial charge in [0.25, 0.3) is 0 Å². The third-order valence-electron chi connectivity index (χ3n) is 3.73. The molecule has 1 unspecified atom stereocenters. The first-order valence-electron chi connectivity index (χ1n) is 4.17. The largest absolute Gasteiger partial charge is 0.481 e. The molecular formula is C9H10O2. The quantitative estimate of drug-likeness (QED) is 0.572. The molecule has 0 radical (unpaired) electrons. The van der Waals surface area contributed by atoms with Gasteiger partial charge in [-0.3, -0.25) is 4.79 Å². The summed E-state index contributed by atoms with van der Waals surface area (Å²) >= 11 is 0. The summed E-state index contributed by atoms with van der Waals surface area (Å²) in [6, 6.07) is 0. The Hall–Kier alpha value is -0.790. The summed E-state index contributed by atoms with van der Waals surface area (Å²) in [5, 5.41) is 9.00. The van der Waals surface area contributed by atoms with Crippen LogP contribution in [0.15, 0.2) is 12.2 Å². The van der Waals surface area contributed by atoms with Gasteiger partial charge in [0.1, 0.15) is 0 Å². The Bertz CT molecular complexity index is 269. The molecule has 0 amide bonds. The first-order valence-corrected chi connectivity index (χ1v) is 4.17. The number of carboxylic acid groups (broad SMARTS) is 1. The van der Waals surface area contributed by atoms with E-state index >= 15 is 0 Å². The fourth-order valence-electron chi connectivity index (χ4n) is 3.16. The number of carboxylic acids is 1. The summed E-state index contributed by atoms with van der Waals surface area (Å²) in [5.41, 5.74) is -0.292. The number of hydrogen-bond donors (Lipinski definition) is 1. The van der Waals surface area contributed by atoms with Crippen LogP contribution in [-0.4, -0.2) is 11.1 Å². The highest BCUT2D eigenvalue weighted by Gasteiger charge is 2.73. The fourth-order valence-corrected chi connectivity index (χ4v) is 3.16. The van der Waals surface area contributed by atoms with Gasteiger partial charge in [0.05, 0.1) is 5.41 Å². The Kier molecular flexibility index (Phi) is 0.729. The molecule has 2 heteroatoms. The molecule has 1 N–H and O–H groups in total. The highest BCUT2D eigenvalue weighted by molar-refractivity contribution is 5.81. The standard InChI is InChI=1S/C9H10O2/c10-8(11)9-4-5-1-2-6(9)7(9)3-5/h1-2,5-7H,3-4H2,(H,10,11)/t5-,6+,7?,9-/m1/s1. The second-order valence-corrected chi connectivity index (χ2v) is 4.06. The summed E-state index contributed by atoms with van der Waals surface area (Å²) in [6.45, 7) is 0. The maximum atomic E-state index is 10.9. The predicted octanol–water partition coefficient (Wildman–Crippen LogP) is 1.28. The Morgan fingerprint density at radius 2 is 2.36 bits per heavy atom. The number of aliphatic carboxylic acids is 1. The van der Waals surface area contributed by atoms with E-state index in [1.807, 2.05) is 0 Å². The molecule has 2 saturated carbocycles. The van der Waals surface area contributed by atoms with Crippen molar-refractivity contribution >= 4 is 5.97 Å². The van der Waals surface area contributed by atoms with Crippen LogP contribution >= 0.6 is 0 Å². The lowest BCUT2D eigenvalue weighted by Gasteiger charge is -2.17. The molecule has 0 aliphatic heterocycles. The van der Waals surface area contributed by atoms with E-state index < -0.39 is 5.97 Å². The predicted molar refractivity (Wildman–Crippen MR) is 38.9 cm³/mol. The van der Waals surface area contributed by atoms with Gasteiger partial charge in [-0.2, -0.15) is 0 Å². The third kappa shape index (κ3) is 0.434. The van der Waals surface area contributed by atoms with E-state index in [1.54, 1.807) is 0 Å². The zero-order valence-corrected chi connectivity index (χ0v) is 6.16. The van der Waals surface area contributed by atoms with Crippen molar-refractivity contribution in [2.75, 3.05) is 0 Å². The van der Waals surface area contributed by atoms with Crippen molar-refractivity contribution in [2.45, 2.75) is 12.8 Å². The van der Waals surface area contributed by atoms with Crippen LogP contribution in [0.25, 0.3) is 0 Å². The topological polar surface area (TPSA) is 37.3 Å². The molecule has 2 nitrogen and oxygen atoms in total. The van der Waals surface area contributed by atoms with Crippen LogP contribution in [0.3, 0.4) is 0 Å². The van der Waals surface area contributed by atoms with E-state index in [9.17, 15) is 4.79 Å². The van der Waals surface area contributed by atoms with Crippen LogP contribution in [0.1, 0.15) is 12.8 Å². The molecule has 0 saturated heterocycles. The van der Waals surface area contributed by atoms with Crippen molar-refractivity contribution < 1.29 is 9.90 Å². The fraction of sp³-hybridized carbons (Fsp3) is 0.667. The van der Waals surface area contributed by atoms with Crippen LogP contribution in [0.4, 0.5) is 0 Å². The molecule has 4 aliphatic carbocycles. The van der Waals surface area contributed by atoms with Crippen molar-refractivity contribution in [1.29, 1.82) is 0 Å². The molecule has 4 rings (SSSR count). The Balaban J connectivity index is 2.08. The monoisotopic (exact) mass is 150 g/mol. The minimum absolute atomic E-state index is 0.292. The van der Waals surface area contributed by atoms with Gasteiger partial charge in [0.15, 0.2) is 0 Å². The number of allylic oxidation sites excluding steroid dienone is 2. The van der Waals surface area contributed by atoms with E-state index in [2.05, 4.69) is 12.2 Å². The van der Waals surface area contributed by atoms with Gasteiger partial charge in [-0.1, -0.05) is 12.2 Å². The zero-order chi connectivity index (χ0) is 7.64. The van der Waals surface area contributed by atoms with Crippen LogP contribution < -0.4 is 0 Å². The second kappa shape index (κ2) is 1.38. The molecule has 4 aliphatic rings. The number of carbonyl (C=O) groups is 1.